The average Bonchev–Trinajstić information content (AvgIpc) is 2.34. The molecule has 1 aromatic carbocycles. The number of hydrazine groups is 1. The van der Waals surface area contributed by atoms with Crippen molar-refractivity contribution in [2.75, 3.05) is 5.43 Å². The van der Waals surface area contributed by atoms with Gasteiger partial charge in [-0.25, -0.2) is 4.39 Å². The molecular formula is C13H16FN3. The summed E-state index contributed by atoms with van der Waals surface area (Å²) in [6, 6.07) is 5.07. The molecule has 0 amide bonds. The van der Waals surface area contributed by atoms with E-state index in [1.807, 2.05) is 6.07 Å². The second-order valence-electron chi connectivity index (χ2n) is 4.12. The first-order chi connectivity index (χ1) is 8.17. The van der Waals surface area contributed by atoms with Crippen molar-refractivity contribution in [3.05, 3.63) is 35.3 Å². The number of halogens is 1. The minimum atomic E-state index is -0.235. The molecule has 0 saturated heterocycles. The van der Waals surface area contributed by atoms with E-state index in [0.29, 0.717) is 11.1 Å². The lowest BCUT2D eigenvalue weighted by molar-refractivity contribution is 0.620. The van der Waals surface area contributed by atoms with Crippen molar-refractivity contribution in [1.29, 1.82) is 0 Å². The number of nitrogens with two attached hydrogens (primary N) is 1. The Kier molecular flexibility index (Phi) is 3.24. The number of aryl methyl sites for hydroxylation is 2. The van der Waals surface area contributed by atoms with Gasteiger partial charge in [0.25, 0.3) is 0 Å². The van der Waals surface area contributed by atoms with Gasteiger partial charge in [-0.3, -0.25) is 10.8 Å². The van der Waals surface area contributed by atoms with E-state index in [1.54, 1.807) is 13.0 Å². The average molecular weight is 233 g/mol. The second-order valence-corrected chi connectivity index (χ2v) is 4.12. The van der Waals surface area contributed by atoms with E-state index in [1.165, 1.54) is 6.07 Å². The van der Waals surface area contributed by atoms with Crippen LogP contribution in [-0.4, -0.2) is 4.98 Å². The zero-order chi connectivity index (χ0) is 12.4. The molecule has 0 bridgehead atoms. The van der Waals surface area contributed by atoms with Gasteiger partial charge in [-0.1, -0.05) is 13.3 Å². The summed E-state index contributed by atoms with van der Waals surface area (Å²) in [5.74, 6) is 5.26. The van der Waals surface area contributed by atoms with Crippen molar-refractivity contribution in [2.24, 2.45) is 5.84 Å². The maximum atomic E-state index is 13.5. The Morgan fingerprint density at radius 1 is 1.41 bits per heavy atom. The molecule has 0 atom stereocenters. The predicted molar refractivity (Wildman–Crippen MR) is 68.2 cm³/mol. The number of rotatable bonds is 3. The van der Waals surface area contributed by atoms with Crippen LogP contribution in [0.4, 0.5) is 10.1 Å². The monoisotopic (exact) mass is 233 g/mol. The fraction of sp³-hybridized carbons (Fsp3) is 0.308. The van der Waals surface area contributed by atoms with Gasteiger partial charge in [0.15, 0.2) is 0 Å². The number of pyridine rings is 1. The molecule has 0 aliphatic rings. The molecule has 2 rings (SSSR count). The highest BCUT2D eigenvalue weighted by Crippen LogP contribution is 2.26. The third-order valence-corrected chi connectivity index (χ3v) is 2.88. The Morgan fingerprint density at radius 3 is 2.82 bits per heavy atom. The minimum absolute atomic E-state index is 0.235. The molecule has 90 valence electrons. The van der Waals surface area contributed by atoms with E-state index in [-0.39, 0.29) is 5.82 Å². The molecule has 3 nitrogen and oxygen atoms in total. The van der Waals surface area contributed by atoms with Crippen molar-refractivity contribution in [3.63, 3.8) is 0 Å². The van der Waals surface area contributed by atoms with E-state index >= 15 is 0 Å². The van der Waals surface area contributed by atoms with Crippen molar-refractivity contribution in [2.45, 2.75) is 26.7 Å². The number of nitrogen functional groups attached to an aromatic ring is 1. The largest absolute Gasteiger partial charge is 0.323 e. The number of hydrogen-bond acceptors (Lipinski definition) is 3. The summed E-state index contributed by atoms with van der Waals surface area (Å²) in [5, 5.41) is 0.853. The summed E-state index contributed by atoms with van der Waals surface area (Å²) >= 11 is 0. The van der Waals surface area contributed by atoms with Gasteiger partial charge in [-0.15, -0.1) is 0 Å². The van der Waals surface area contributed by atoms with Gasteiger partial charge in [-0.2, -0.15) is 0 Å². The maximum Gasteiger partial charge on any atom is 0.128 e. The van der Waals surface area contributed by atoms with Gasteiger partial charge in [-0.05, 0) is 31.5 Å². The standard InChI is InChI=1S/C13H16FN3/c1-3-4-9-7-12(17-15)10-5-6-11(14)8(2)13(10)16-9/h5-7H,3-4,15H2,1-2H3,(H,16,17). The molecule has 0 aliphatic carbocycles. The van der Waals surface area contributed by atoms with Crippen molar-refractivity contribution >= 4 is 16.6 Å². The van der Waals surface area contributed by atoms with Crippen LogP contribution >= 0.6 is 0 Å². The first-order valence-corrected chi connectivity index (χ1v) is 5.72. The van der Waals surface area contributed by atoms with E-state index in [4.69, 9.17) is 5.84 Å². The topological polar surface area (TPSA) is 50.9 Å². The smallest absolute Gasteiger partial charge is 0.128 e. The van der Waals surface area contributed by atoms with Crippen LogP contribution in [0.25, 0.3) is 10.9 Å². The molecule has 1 heterocycles. The van der Waals surface area contributed by atoms with E-state index < -0.39 is 0 Å². The fourth-order valence-corrected chi connectivity index (χ4v) is 1.96. The Balaban J connectivity index is 2.73. The Bertz CT molecular complexity index is 552. The predicted octanol–water partition coefficient (Wildman–Crippen LogP) is 2.92. The van der Waals surface area contributed by atoms with E-state index in [9.17, 15) is 4.39 Å². The van der Waals surface area contributed by atoms with Crippen LogP contribution in [0.5, 0.6) is 0 Å². The molecule has 2 aromatic rings. The zero-order valence-corrected chi connectivity index (χ0v) is 10.0. The second kappa shape index (κ2) is 4.67. The summed E-state index contributed by atoms with van der Waals surface area (Å²) in [4.78, 5) is 4.50. The molecule has 0 fully saturated rings. The van der Waals surface area contributed by atoms with E-state index in [0.717, 1.165) is 29.6 Å². The minimum Gasteiger partial charge on any atom is -0.323 e. The highest BCUT2D eigenvalue weighted by atomic mass is 19.1. The van der Waals surface area contributed by atoms with Crippen LogP contribution in [0.3, 0.4) is 0 Å². The highest BCUT2D eigenvalue weighted by molar-refractivity contribution is 5.93. The lowest BCUT2D eigenvalue weighted by atomic mass is 10.1. The summed E-state index contributed by atoms with van der Waals surface area (Å²) in [6.07, 6.45) is 1.86. The molecule has 3 N–H and O–H groups in total. The number of benzene rings is 1. The number of hydrogen-bond donors (Lipinski definition) is 2. The number of aromatic nitrogens is 1. The van der Waals surface area contributed by atoms with Gasteiger partial charge in [0.2, 0.25) is 0 Å². The van der Waals surface area contributed by atoms with Crippen LogP contribution in [0.1, 0.15) is 24.6 Å². The molecule has 0 saturated carbocycles. The first kappa shape index (κ1) is 11.8. The summed E-state index contributed by atoms with van der Waals surface area (Å²) in [7, 11) is 0. The normalized spacial score (nSPS) is 10.8. The van der Waals surface area contributed by atoms with Crippen molar-refractivity contribution in [1.82, 2.24) is 4.98 Å². The molecular weight excluding hydrogens is 217 g/mol. The van der Waals surface area contributed by atoms with Crippen molar-refractivity contribution in [3.8, 4) is 0 Å². The quantitative estimate of drug-likeness (QED) is 0.633. The summed E-state index contributed by atoms with van der Waals surface area (Å²) in [6.45, 7) is 3.82. The number of nitrogens with one attached hydrogen (secondary N) is 1. The zero-order valence-electron chi connectivity index (χ0n) is 10.0. The SMILES string of the molecule is CCCc1cc(NN)c2ccc(F)c(C)c2n1. The third kappa shape index (κ3) is 2.08. The van der Waals surface area contributed by atoms with Crippen LogP contribution in [0.2, 0.25) is 0 Å². The molecule has 0 aliphatic heterocycles. The summed E-state index contributed by atoms with van der Waals surface area (Å²) < 4.78 is 13.5. The maximum absolute atomic E-state index is 13.5. The van der Waals surface area contributed by atoms with Crippen LogP contribution in [-0.2, 0) is 6.42 Å². The van der Waals surface area contributed by atoms with Gasteiger partial charge >= 0.3 is 0 Å². The Morgan fingerprint density at radius 2 is 2.18 bits per heavy atom. The summed E-state index contributed by atoms with van der Waals surface area (Å²) in [5.41, 5.74) is 5.63. The lowest BCUT2D eigenvalue weighted by Gasteiger charge is -2.10. The van der Waals surface area contributed by atoms with Crippen molar-refractivity contribution < 1.29 is 4.39 Å². The number of nitrogens with zero attached hydrogens (tertiary/aromatic N) is 1. The molecule has 1 aromatic heterocycles. The Hall–Kier alpha value is -1.68. The fourth-order valence-electron chi connectivity index (χ4n) is 1.96. The number of anilines is 1. The Labute approximate surface area is 99.8 Å². The van der Waals surface area contributed by atoms with Gasteiger partial charge < -0.3 is 5.43 Å². The molecule has 17 heavy (non-hydrogen) atoms. The molecule has 4 heteroatoms. The molecule has 0 spiro atoms. The van der Waals surface area contributed by atoms with Crippen LogP contribution in [0, 0.1) is 12.7 Å². The number of fused-ring (bicyclic) bond motifs is 1. The first-order valence-electron chi connectivity index (χ1n) is 5.72. The third-order valence-electron chi connectivity index (χ3n) is 2.88. The lowest BCUT2D eigenvalue weighted by Crippen LogP contribution is -2.09. The molecule has 0 radical (unpaired) electrons. The molecule has 0 unspecified atom stereocenters. The van der Waals surface area contributed by atoms with E-state index in [2.05, 4.69) is 17.3 Å². The highest BCUT2D eigenvalue weighted by Gasteiger charge is 2.09. The van der Waals surface area contributed by atoms with Gasteiger partial charge in [0.05, 0.1) is 11.2 Å². The van der Waals surface area contributed by atoms with Gasteiger partial charge in [0, 0.05) is 16.6 Å². The van der Waals surface area contributed by atoms with Crippen LogP contribution in [0.15, 0.2) is 18.2 Å². The van der Waals surface area contributed by atoms with Crippen LogP contribution < -0.4 is 11.3 Å². The van der Waals surface area contributed by atoms with Gasteiger partial charge in [0.1, 0.15) is 5.82 Å².